The molecule has 0 N–H and O–H groups in total. The van der Waals surface area contributed by atoms with Gasteiger partial charge in [-0.2, -0.15) is 0 Å². The molecule has 0 amide bonds. The molecule has 1 rings (SSSR count). The van der Waals surface area contributed by atoms with Crippen LogP contribution in [-0.4, -0.2) is 12.1 Å². The minimum atomic E-state index is -0.209. The highest BCUT2D eigenvalue weighted by atomic mass is 16.5. The molecule has 2 nitrogen and oxygen atoms in total. The first-order valence-electron chi connectivity index (χ1n) is 6.29. The summed E-state index contributed by atoms with van der Waals surface area (Å²) in [5, 5.41) is 0. The van der Waals surface area contributed by atoms with Crippen molar-refractivity contribution >= 4 is 5.97 Å². The molecule has 1 aromatic carbocycles. The summed E-state index contributed by atoms with van der Waals surface area (Å²) in [7, 11) is 0. The van der Waals surface area contributed by atoms with E-state index in [1.54, 1.807) is 0 Å². The molecule has 0 saturated carbocycles. The van der Waals surface area contributed by atoms with Crippen molar-refractivity contribution in [2.45, 2.75) is 53.1 Å². The fraction of sp³-hybridized carbons (Fsp3) is 0.533. The molecule has 0 aliphatic heterocycles. The summed E-state index contributed by atoms with van der Waals surface area (Å²) >= 11 is 0. The van der Waals surface area contributed by atoms with Gasteiger partial charge in [0.05, 0.1) is 11.7 Å². The number of ether oxygens (including phenoxy) is 1. The molecular formula is C15H22O2. The highest BCUT2D eigenvalue weighted by molar-refractivity contribution is 5.91. The van der Waals surface area contributed by atoms with E-state index in [0.29, 0.717) is 11.5 Å². The first-order chi connectivity index (χ1) is 7.95. The highest BCUT2D eigenvalue weighted by Crippen LogP contribution is 2.22. The number of carbonyl (C=O) groups is 1. The van der Waals surface area contributed by atoms with Gasteiger partial charge in [0, 0.05) is 0 Å². The summed E-state index contributed by atoms with van der Waals surface area (Å²) < 4.78 is 5.29. The van der Waals surface area contributed by atoms with E-state index in [-0.39, 0.29) is 12.1 Å². The second kappa shape index (κ2) is 5.85. The van der Waals surface area contributed by atoms with Crippen molar-refractivity contribution in [1.82, 2.24) is 0 Å². The van der Waals surface area contributed by atoms with Gasteiger partial charge < -0.3 is 4.74 Å². The van der Waals surface area contributed by atoms with Crippen molar-refractivity contribution in [3.05, 3.63) is 34.9 Å². The molecule has 94 valence electrons. The Labute approximate surface area is 104 Å². The van der Waals surface area contributed by atoms with Crippen molar-refractivity contribution < 1.29 is 9.53 Å². The zero-order valence-corrected chi connectivity index (χ0v) is 11.4. The van der Waals surface area contributed by atoms with Crippen LogP contribution in [0.3, 0.4) is 0 Å². The lowest BCUT2D eigenvalue weighted by molar-refractivity contribution is 0.0376. The van der Waals surface area contributed by atoms with Crippen LogP contribution in [0.25, 0.3) is 0 Å². The molecule has 0 aliphatic rings. The van der Waals surface area contributed by atoms with E-state index >= 15 is 0 Å². The zero-order chi connectivity index (χ0) is 13.0. The number of benzene rings is 1. The standard InChI is InChI=1S/C15H22O2/c1-6-12-7-8-13(10(2)3)14(9-12)15(16)17-11(4)5/h7-11H,6H2,1-5H3. The van der Waals surface area contributed by atoms with Crippen LogP contribution in [0.5, 0.6) is 0 Å². The van der Waals surface area contributed by atoms with Crippen LogP contribution in [0.1, 0.15) is 62.0 Å². The van der Waals surface area contributed by atoms with Gasteiger partial charge >= 0.3 is 5.97 Å². The molecule has 0 saturated heterocycles. The van der Waals surface area contributed by atoms with Gasteiger partial charge in [0.25, 0.3) is 0 Å². The highest BCUT2D eigenvalue weighted by Gasteiger charge is 2.16. The van der Waals surface area contributed by atoms with Crippen molar-refractivity contribution in [1.29, 1.82) is 0 Å². The third kappa shape index (κ3) is 3.58. The summed E-state index contributed by atoms with van der Waals surface area (Å²) in [6.45, 7) is 10.0. The Morgan fingerprint density at radius 3 is 2.35 bits per heavy atom. The first-order valence-corrected chi connectivity index (χ1v) is 6.29. The predicted octanol–water partition coefficient (Wildman–Crippen LogP) is 3.94. The van der Waals surface area contributed by atoms with Gasteiger partial charge in [-0.25, -0.2) is 4.79 Å². The van der Waals surface area contributed by atoms with Gasteiger partial charge in [-0.1, -0.05) is 32.9 Å². The largest absolute Gasteiger partial charge is 0.459 e. The Kier molecular flexibility index (Phi) is 4.73. The van der Waals surface area contributed by atoms with Crippen molar-refractivity contribution in [2.75, 3.05) is 0 Å². The molecule has 0 bridgehead atoms. The Morgan fingerprint density at radius 1 is 1.24 bits per heavy atom. The smallest absolute Gasteiger partial charge is 0.338 e. The molecule has 0 heterocycles. The lowest BCUT2D eigenvalue weighted by atomic mass is 9.94. The lowest BCUT2D eigenvalue weighted by Gasteiger charge is -2.15. The molecule has 0 fully saturated rings. The first kappa shape index (κ1) is 13.8. The monoisotopic (exact) mass is 234 g/mol. The maximum Gasteiger partial charge on any atom is 0.338 e. The Hall–Kier alpha value is -1.31. The van der Waals surface area contributed by atoms with Gasteiger partial charge in [-0.05, 0) is 43.4 Å². The van der Waals surface area contributed by atoms with E-state index in [1.165, 1.54) is 5.56 Å². The number of carbonyl (C=O) groups excluding carboxylic acids is 1. The fourth-order valence-corrected chi connectivity index (χ4v) is 1.78. The van der Waals surface area contributed by atoms with E-state index < -0.39 is 0 Å². The molecule has 17 heavy (non-hydrogen) atoms. The van der Waals surface area contributed by atoms with E-state index in [1.807, 2.05) is 26.0 Å². The van der Waals surface area contributed by atoms with Crippen molar-refractivity contribution in [2.24, 2.45) is 0 Å². The van der Waals surface area contributed by atoms with Gasteiger partial charge in [0.15, 0.2) is 0 Å². The second-order valence-electron chi connectivity index (χ2n) is 4.88. The topological polar surface area (TPSA) is 26.3 Å². The molecule has 0 unspecified atom stereocenters. The van der Waals surface area contributed by atoms with E-state index in [0.717, 1.165) is 12.0 Å². The molecule has 1 aromatic rings. The Balaban J connectivity index is 3.12. The van der Waals surface area contributed by atoms with Crippen LogP contribution < -0.4 is 0 Å². The van der Waals surface area contributed by atoms with Crippen LogP contribution >= 0.6 is 0 Å². The maximum atomic E-state index is 12.0. The minimum absolute atomic E-state index is 0.0761. The zero-order valence-electron chi connectivity index (χ0n) is 11.4. The van der Waals surface area contributed by atoms with Gasteiger partial charge in [0.2, 0.25) is 0 Å². The van der Waals surface area contributed by atoms with E-state index in [9.17, 15) is 4.79 Å². The Morgan fingerprint density at radius 2 is 1.88 bits per heavy atom. The molecule has 0 spiro atoms. The fourth-order valence-electron chi connectivity index (χ4n) is 1.78. The van der Waals surface area contributed by atoms with Crippen molar-refractivity contribution in [3.8, 4) is 0 Å². The number of hydrogen-bond acceptors (Lipinski definition) is 2. The normalized spacial score (nSPS) is 11.0. The molecule has 2 heteroatoms. The van der Waals surface area contributed by atoms with Crippen LogP contribution in [0, 0.1) is 0 Å². The minimum Gasteiger partial charge on any atom is -0.459 e. The quantitative estimate of drug-likeness (QED) is 0.738. The van der Waals surface area contributed by atoms with E-state index in [4.69, 9.17) is 4.74 Å². The van der Waals surface area contributed by atoms with Gasteiger partial charge in [-0.3, -0.25) is 0 Å². The summed E-state index contributed by atoms with van der Waals surface area (Å²) in [5.41, 5.74) is 2.95. The van der Waals surface area contributed by atoms with Crippen LogP contribution in [0.4, 0.5) is 0 Å². The average Bonchev–Trinajstić information content (AvgIpc) is 2.27. The molecule has 0 aromatic heterocycles. The molecule has 0 radical (unpaired) electrons. The molecular weight excluding hydrogens is 212 g/mol. The summed E-state index contributed by atoms with van der Waals surface area (Å²) in [6, 6.07) is 6.09. The van der Waals surface area contributed by atoms with Crippen LogP contribution in [-0.2, 0) is 11.2 Å². The molecule has 0 atom stereocenters. The summed E-state index contributed by atoms with van der Waals surface area (Å²) in [5.74, 6) is 0.120. The third-order valence-corrected chi connectivity index (χ3v) is 2.71. The SMILES string of the molecule is CCc1ccc(C(C)C)c(C(=O)OC(C)C)c1. The van der Waals surface area contributed by atoms with Crippen molar-refractivity contribution in [3.63, 3.8) is 0 Å². The van der Waals surface area contributed by atoms with Gasteiger partial charge in [-0.15, -0.1) is 0 Å². The van der Waals surface area contributed by atoms with E-state index in [2.05, 4.69) is 26.8 Å². The number of esters is 1. The maximum absolute atomic E-state index is 12.0. The van der Waals surface area contributed by atoms with Crippen LogP contribution in [0.15, 0.2) is 18.2 Å². The van der Waals surface area contributed by atoms with Gasteiger partial charge in [0.1, 0.15) is 0 Å². The second-order valence-corrected chi connectivity index (χ2v) is 4.88. The number of hydrogen-bond donors (Lipinski definition) is 0. The summed E-state index contributed by atoms with van der Waals surface area (Å²) in [4.78, 5) is 12.0. The molecule has 0 aliphatic carbocycles. The Bertz CT molecular complexity index is 392. The number of rotatable bonds is 4. The third-order valence-electron chi connectivity index (χ3n) is 2.71. The summed E-state index contributed by atoms with van der Waals surface area (Å²) in [6.07, 6.45) is 0.855. The average molecular weight is 234 g/mol. The van der Waals surface area contributed by atoms with Crippen LogP contribution in [0.2, 0.25) is 0 Å². The number of aryl methyl sites for hydroxylation is 1. The lowest BCUT2D eigenvalue weighted by Crippen LogP contribution is -2.14. The predicted molar refractivity (Wildman–Crippen MR) is 70.5 cm³/mol.